The van der Waals surface area contributed by atoms with Crippen molar-refractivity contribution in [3.05, 3.63) is 46.4 Å². The normalized spacial score (nSPS) is 12.6. The highest BCUT2D eigenvalue weighted by atomic mass is 32.1. The van der Waals surface area contributed by atoms with E-state index < -0.39 is 0 Å². The number of hydrazine groups is 1. The van der Waals surface area contributed by atoms with Crippen LogP contribution in [0.3, 0.4) is 0 Å². The van der Waals surface area contributed by atoms with Crippen LogP contribution in [-0.4, -0.2) is 10.2 Å². The third kappa shape index (κ3) is 2.59. The van der Waals surface area contributed by atoms with Crippen LogP contribution in [0.1, 0.15) is 16.5 Å². The zero-order valence-electron chi connectivity index (χ0n) is 8.13. The van der Waals surface area contributed by atoms with Gasteiger partial charge in [-0.1, -0.05) is 6.07 Å². The van der Waals surface area contributed by atoms with Crippen molar-refractivity contribution < 1.29 is 0 Å². The van der Waals surface area contributed by atoms with E-state index in [1.165, 1.54) is 4.88 Å². The van der Waals surface area contributed by atoms with Crippen molar-refractivity contribution in [2.45, 2.75) is 12.5 Å². The summed E-state index contributed by atoms with van der Waals surface area (Å²) >= 11 is 1.73. The Morgan fingerprint density at radius 2 is 2.33 bits per heavy atom. The molecule has 0 aliphatic heterocycles. The Morgan fingerprint density at radius 3 is 2.93 bits per heavy atom. The summed E-state index contributed by atoms with van der Waals surface area (Å²) in [5.41, 5.74) is 3.85. The second kappa shape index (κ2) is 4.97. The molecule has 1 atom stereocenters. The fourth-order valence-corrected chi connectivity index (χ4v) is 2.16. The van der Waals surface area contributed by atoms with Crippen molar-refractivity contribution in [3.63, 3.8) is 0 Å². The maximum Gasteiger partial charge on any atom is 0.0544 e. The Kier molecular flexibility index (Phi) is 3.39. The molecule has 1 unspecified atom stereocenters. The average Bonchev–Trinajstić information content (AvgIpc) is 2.80. The maximum absolute atomic E-state index is 5.53. The first-order valence-corrected chi connectivity index (χ1v) is 5.53. The monoisotopic (exact) mass is 220 g/mol. The molecule has 0 aromatic carbocycles. The van der Waals surface area contributed by atoms with Gasteiger partial charge in [0.1, 0.15) is 0 Å². The SMILES string of the molecule is NNC(Cc1cccs1)c1ccnnc1. The quantitative estimate of drug-likeness (QED) is 0.602. The highest BCUT2D eigenvalue weighted by Gasteiger charge is 2.10. The van der Waals surface area contributed by atoms with Gasteiger partial charge < -0.3 is 0 Å². The molecule has 0 aliphatic rings. The maximum atomic E-state index is 5.53. The Balaban J connectivity index is 2.12. The topological polar surface area (TPSA) is 63.8 Å². The summed E-state index contributed by atoms with van der Waals surface area (Å²) in [4.78, 5) is 1.30. The molecule has 5 heteroatoms. The lowest BCUT2D eigenvalue weighted by atomic mass is 10.1. The molecule has 2 rings (SSSR count). The molecular weight excluding hydrogens is 208 g/mol. The van der Waals surface area contributed by atoms with E-state index in [-0.39, 0.29) is 6.04 Å². The van der Waals surface area contributed by atoms with Gasteiger partial charge in [0.2, 0.25) is 0 Å². The molecular formula is C10H12N4S. The molecule has 0 fully saturated rings. The molecule has 2 aromatic rings. The number of hydrogen-bond acceptors (Lipinski definition) is 5. The summed E-state index contributed by atoms with van der Waals surface area (Å²) in [6, 6.07) is 6.16. The zero-order chi connectivity index (χ0) is 10.5. The second-order valence-corrected chi connectivity index (χ2v) is 4.21. The van der Waals surface area contributed by atoms with E-state index in [0.29, 0.717) is 0 Å². The van der Waals surface area contributed by atoms with Crippen LogP contribution in [0.2, 0.25) is 0 Å². The van der Waals surface area contributed by atoms with E-state index in [4.69, 9.17) is 5.84 Å². The largest absolute Gasteiger partial charge is 0.271 e. The third-order valence-electron chi connectivity index (χ3n) is 2.20. The Labute approximate surface area is 92.1 Å². The summed E-state index contributed by atoms with van der Waals surface area (Å²) in [7, 11) is 0. The van der Waals surface area contributed by atoms with Gasteiger partial charge in [-0.05, 0) is 23.1 Å². The molecule has 2 aromatic heterocycles. The molecule has 0 saturated heterocycles. The van der Waals surface area contributed by atoms with Gasteiger partial charge >= 0.3 is 0 Å². The van der Waals surface area contributed by atoms with Crippen molar-refractivity contribution in [1.29, 1.82) is 0 Å². The highest BCUT2D eigenvalue weighted by molar-refractivity contribution is 7.09. The lowest BCUT2D eigenvalue weighted by Gasteiger charge is -2.14. The van der Waals surface area contributed by atoms with Gasteiger partial charge in [-0.25, -0.2) is 0 Å². The van der Waals surface area contributed by atoms with Gasteiger partial charge in [0, 0.05) is 17.5 Å². The lowest BCUT2D eigenvalue weighted by molar-refractivity contribution is 0.552. The Hall–Kier alpha value is -1.30. The number of nitrogens with two attached hydrogens (primary N) is 1. The van der Waals surface area contributed by atoms with Crippen molar-refractivity contribution in [2.75, 3.05) is 0 Å². The van der Waals surface area contributed by atoms with Crippen LogP contribution >= 0.6 is 11.3 Å². The number of rotatable bonds is 4. The van der Waals surface area contributed by atoms with Crippen LogP contribution in [0.15, 0.2) is 36.0 Å². The van der Waals surface area contributed by atoms with Gasteiger partial charge in [0.05, 0.1) is 12.2 Å². The number of hydrogen-bond donors (Lipinski definition) is 2. The number of nitrogens with zero attached hydrogens (tertiary/aromatic N) is 2. The molecule has 2 heterocycles. The number of nitrogens with one attached hydrogen (secondary N) is 1. The molecule has 0 radical (unpaired) electrons. The third-order valence-corrected chi connectivity index (χ3v) is 3.09. The molecule has 0 aliphatic carbocycles. The van der Waals surface area contributed by atoms with Gasteiger partial charge in [0.25, 0.3) is 0 Å². The first-order valence-electron chi connectivity index (χ1n) is 4.65. The minimum atomic E-state index is 0.0964. The minimum absolute atomic E-state index is 0.0964. The predicted molar refractivity (Wildman–Crippen MR) is 60.1 cm³/mol. The van der Waals surface area contributed by atoms with Crippen molar-refractivity contribution in [3.8, 4) is 0 Å². The van der Waals surface area contributed by atoms with Crippen LogP contribution in [-0.2, 0) is 6.42 Å². The number of thiophene rings is 1. The van der Waals surface area contributed by atoms with Crippen molar-refractivity contribution in [1.82, 2.24) is 15.6 Å². The summed E-state index contributed by atoms with van der Waals surface area (Å²) in [6.07, 6.45) is 4.28. The van der Waals surface area contributed by atoms with Gasteiger partial charge in [-0.15, -0.1) is 11.3 Å². The average molecular weight is 220 g/mol. The molecule has 0 amide bonds. The fraction of sp³-hybridized carbons (Fsp3) is 0.200. The van der Waals surface area contributed by atoms with Gasteiger partial charge in [-0.2, -0.15) is 10.2 Å². The standard InChI is InChI=1S/C10H12N4S/c11-14-10(6-9-2-1-5-15-9)8-3-4-12-13-7-8/h1-5,7,10,14H,6,11H2. The van der Waals surface area contributed by atoms with E-state index in [0.717, 1.165) is 12.0 Å². The molecule has 15 heavy (non-hydrogen) atoms. The molecule has 4 nitrogen and oxygen atoms in total. The zero-order valence-corrected chi connectivity index (χ0v) is 8.95. The van der Waals surface area contributed by atoms with Crippen LogP contribution in [0.5, 0.6) is 0 Å². The summed E-state index contributed by atoms with van der Waals surface area (Å²) < 4.78 is 0. The van der Waals surface area contributed by atoms with Gasteiger partial charge in [0.15, 0.2) is 0 Å². The molecule has 78 valence electrons. The fourth-order valence-electron chi connectivity index (χ4n) is 1.41. The Bertz CT molecular complexity index is 387. The second-order valence-electron chi connectivity index (χ2n) is 3.18. The van der Waals surface area contributed by atoms with Gasteiger partial charge in [-0.3, -0.25) is 11.3 Å². The minimum Gasteiger partial charge on any atom is -0.271 e. The first kappa shape index (κ1) is 10.2. The van der Waals surface area contributed by atoms with E-state index >= 15 is 0 Å². The highest BCUT2D eigenvalue weighted by Crippen LogP contribution is 2.19. The van der Waals surface area contributed by atoms with E-state index in [1.54, 1.807) is 23.7 Å². The Morgan fingerprint density at radius 1 is 1.40 bits per heavy atom. The van der Waals surface area contributed by atoms with Crippen molar-refractivity contribution in [2.24, 2.45) is 5.84 Å². The van der Waals surface area contributed by atoms with Crippen molar-refractivity contribution >= 4 is 11.3 Å². The molecule has 0 spiro atoms. The van der Waals surface area contributed by atoms with Crippen LogP contribution in [0, 0.1) is 0 Å². The molecule has 3 N–H and O–H groups in total. The summed E-state index contributed by atoms with van der Waals surface area (Å²) in [5.74, 6) is 5.53. The smallest absolute Gasteiger partial charge is 0.0544 e. The molecule has 0 bridgehead atoms. The van der Waals surface area contributed by atoms with E-state index in [1.807, 2.05) is 12.1 Å². The first-order chi connectivity index (χ1) is 7.40. The summed E-state index contributed by atoms with van der Waals surface area (Å²) in [5, 5.41) is 9.65. The lowest BCUT2D eigenvalue weighted by Crippen LogP contribution is -2.29. The van der Waals surface area contributed by atoms with E-state index in [9.17, 15) is 0 Å². The van der Waals surface area contributed by atoms with E-state index in [2.05, 4.69) is 27.1 Å². The summed E-state index contributed by atoms with van der Waals surface area (Å²) in [6.45, 7) is 0. The number of aromatic nitrogens is 2. The van der Waals surface area contributed by atoms with Crippen LogP contribution in [0.4, 0.5) is 0 Å². The van der Waals surface area contributed by atoms with Crippen LogP contribution in [0.25, 0.3) is 0 Å². The molecule has 0 saturated carbocycles. The van der Waals surface area contributed by atoms with Crippen LogP contribution < -0.4 is 11.3 Å². The predicted octanol–water partition coefficient (Wildman–Crippen LogP) is 1.29.